The Hall–Kier alpha value is -4.12. The molecule has 1 atom stereocenters. The number of anilines is 1. The van der Waals surface area contributed by atoms with Crippen LogP contribution < -0.4 is 15.4 Å². The molecule has 2 heterocycles. The second-order valence-corrected chi connectivity index (χ2v) is 10.6. The number of ether oxygens (including phenoxy) is 1. The highest BCUT2D eigenvalue weighted by atomic mass is 32.2. The molecule has 0 spiro atoms. The van der Waals surface area contributed by atoms with Crippen LogP contribution in [-0.2, 0) is 11.4 Å². The van der Waals surface area contributed by atoms with Gasteiger partial charge in [-0.25, -0.2) is 0 Å². The molecule has 0 fully saturated rings. The normalized spacial score (nSPS) is 17.3. The SMILES string of the molecule is N#CCSc1nnc(N2C(N)=C(C#N)C(c3cccc(OCc4ccccc4)c3)C3=C2CCCC3=O)s1. The Labute approximate surface area is 222 Å². The molecule has 1 aliphatic heterocycles. The summed E-state index contributed by atoms with van der Waals surface area (Å²) in [6, 6.07) is 21.7. The monoisotopic (exact) mass is 526 g/mol. The van der Waals surface area contributed by atoms with Crippen molar-refractivity contribution in [3.8, 4) is 17.9 Å². The topological polar surface area (TPSA) is 129 Å². The number of benzene rings is 2. The molecule has 1 aliphatic carbocycles. The molecular weight excluding hydrogens is 504 g/mol. The van der Waals surface area contributed by atoms with E-state index in [1.54, 1.807) is 4.90 Å². The Morgan fingerprint density at radius 3 is 2.76 bits per heavy atom. The lowest BCUT2D eigenvalue weighted by Crippen LogP contribution is -2.38. The Balaban J connectivity index is 1.54. The average molecular weight is 527 g/mol. The van der Waals surface area contributed by atoms with Crippen LogP contribution in [0.2, 0.25) is 0 Å². The maximum Gasteiger partial charge on any atom is 0.219 e. The number of thioether (sulfide) groups is 1. The summed E-state index contributed by atoms with van der Waals surface area (Å²) in [7, 11) is 0. The molecule has 0 saturated heterocycles. The number of rotatable bonds is 7. The lowest BCUT2D eigenvalue weighted by molar-refractivity contribution is -0.116. The number of nitrogens with two attached hydrogens (primary N) is 1. The van der Waals surface area contributed by atoms with E-state index in [1.807, 2.05) is 54.6 Å². The number of aromatic nitrogens is 2. The molecule has 2 aliphatic rings. The first-order valence-corrected chi connectivity index (χ1v) is 13.5. The van der Waals surface area contributed by atoms with Gasteiger partial charge in [0.15, 0.2) is 10.1 Å². The molecule has 5 rings (SSSR count). The van der Waals surface area contributed by atoms with Crippen LogP contribution >= 0.6 is 23.1 Å². The van der Waals surface area contributed by atoms with Gasteiger partial charge in [-0.15, -0.1) is 10.2 Å². The Bertz CT molecular complexity index is 1480. The van der Waals surface area contributed by atoms with E-state index >= 15 is 0 Å². The van der Waals surface area contributed by atoms with E-state index < -0.39 is 5.92 Å². The van der Waals surface area contributed by atoms with E-state index in [2.05, 4.69) is 22.3 Å². The number of carbonyl (C=O) groups excluding carboxylic acids is 1. The minimum atomic E-state index is -0.593. The van der Waals surface area contributed by atoms with Crippen molar-refractivity contribution < 1.29 is 9.53 Å². The summed E-state index contributed by atoms with van der Waals surface area (Å²) in [5.41, 5.74) is 10.0. The number of nitriles is 2. The van der Waals surface area contributed by atoms with Gasteiger partial charge in [0.2, 0.25) is 5.13 Å². The molecule has 0 radical (unpaired) electrons. The van der Waals surface area contributed by atoms with E-state index in [4.69, 9.17) is 15.7 Å². The first kappa shape index (κ1) is 24.6. The number of hydrogen-bond acceptors (Lipinski definition) is 10. The van der Waals surface area contributed by atoms with Gasteiger partial charge in [-0.3, -0.25) is 9.69 Å². The zero-order valence-corrected chi connectivity index (χ0v) is 21.4. The van der Waals surface area contributed by atoms with Crippen molar-refractivity contribution in [2.45, 2.75) is 36.1 Å². The molecule has 0 bridgehead atoms. The van der Waals surface area contributed by atoms with Crippen molar-refractivity contribution in [2.75, 3.05) is 10.7 Å². The molecule has 8 nitrogen and oxygen atoms in total. The second-order valence-electron chi connectivity index (χ2n) is 8.46. The van der Waals surface area contributed by atoms with E-state index in [9.17, 15) is 10.1 Å². The predicted octanol–water partition coefficient (Wildman–Crippen LogP) is 5.04. The highest BCUT2D eigenvalue weighted by Gasteiger charge is 2.41. The Morgan fingerprint density at radius 2 is 1.97 bits per heavy atom. The number of nitrogens with zero attached hydrogens (tertiary/aromatic N) is 5. The third-order valence-electron chi connectivity index (χ3n) is 6.20. The van der Waals surface area contributed by atoms with Crippen LogP contribution in [0, 0.1) is 22.7 Å². The molecule has 0 saturated carbocycles. The van der Waals surface area contributed by atoms with Crippen molar-refractivity contribution >= 4 is 34.0 Å². The zero-order valence-electron chi connectivity index (χ0n) is 19.8. The fourth-order valence-electron chi connectivity index (χ4n) is 4.61. The van der Waals surface area contributed by atoms with Gasteiger partial charge in [-0.05, 0) is 36.1 Å². The van der Waals surface area contributed by atoms with Crippen LogP contribution in [0.3, 0.4) is 0 Å². The second kappa shape index (κ2) is 10.9. The van der Waals surface area contributed by atoms with Crippen LogP contribution in [0.4, 0.5) is 5.13 Å². The van der Waals surface area contributed by atoms with E-state index in [0.717, 1.165) is 16.8 Å². The molecular formula is C27H22N6O2S2. The molecule has 1 unspecified atom stereocenters. The van der Waals surface area contributed by atoms with Crippen LogP contribution in [0.1, 0.15) is 36.3 Å². The zero-order chi connectivity index (χ0) is 25.8. The highest BCUT2D eigenvalue weighted by molar-refractivity contribution is 8.01. The molecule has 2 aromatic carbocycles. The quantitative estimate of drug-likeness (QED) is 0.421. The average Bonchev–Trinajstić information content (AvgIpc) is 3.39. The standard InChI is InChI=1S/C27H22N6O2S2/c28-12-13-36-27-32-31-26(37-27)33-21-10-5-11-22(34)24(21)23(20(15-29)25(33)30)18-8-4-9-19(14-18)35-16-17-6-2-1-3-7-17/h1-4,6-9,14,23H,5,10-11,13,16,30H2. The number of hydrogen-bond donors (Lipinski definition) is 1. The largest absolute Gasteiger partial charge is 0.489 e. The number of carbonyl (C=O) groups is 1. The van der Waals surface area contributed by atoms with Gasteiger partial charge in [0.25, 0.3) is 0 Å². The first-order chi connectivity index (χ1) is 18.1. The van der Waals surface area contributed by atoms with Crippen molar-refractivity contribution in [3.05, 3.63) is 88.4 Å². The predicted molar refractivity (Wildman–Crippen MR) is 141 cm³/mol. The van der Waals surface area contributed by atoms with Crippen LogP contribution in [0.5, 0.6) is 5.75 Å². The van der Waals surface area contributed by atoms with Gasteiger partial charge in [0.1, 0.15) is 18.2 Å². The van der Waals surface area contributed by atoms with Crippen molar-refractivity contribution in [1.82, 2.24) is 10.2 Å². The van der Waals surface area contributed by atoms with Crippen molar-refractivity contribution in [3.63, 3.8) is 0 Å². The molecule has 1 aromatic heterocycles. The summed E-state index contributed by atoms with van der Waals surface area (Å²) >= 11 is 2.57. The molecule has 0 amide bonds. The lowest BCUT2D eigenvalue weighted by Gasteiger charge is -2.38. The van der Waals surface area contributed by atoms with Gasteiger partial charge < -0.3 is 10.5 Å². The third-order valence-corrected chi connectivity index (χ3v) is 8.11. The summed E-state index contributed by atoms with van der Waals surface area (Å²) in [6.45, 7) is 0.405. The van der Waals surface area contributed by atoms with Crippen molar-refractivity contribution in [2.24, 2.45) is 5.73 Å². The molecule has 3 aromatic rings. The van der Waals surface area contributed by atoms with Gasteiger partial charge in [-0.1, -0.05) is 65.6 Å². The molecule has 184 valence electrons. The van der Waals surface area contributed by atoms with Crippen molar-refractivity contribution in [1.29, 1.82) is 10.5 Å². The third kappa shape index (κ3) is 4.94. The summed E-state index contributed by atoms with van der Waals surface area (Å²) in [4.78, 5) is 15.0. The summed E-state index contributed by atoms with van der Waals surface area (Å²) in [5.74, 6) is 0.541. The fourth-order valence-corrected chi connectivity index (χ4v) is 6.15. The van der Waals surface area contributed by atoms with E-state index in [-0.39, 0.29) is 22.9 Å². The molecule has 10 heteroatoms. The van der Waals surface area contributed by atoms with E-state index in [1.165, 1.54) is 23.1 Å². The molecule has 37 heavy (non-hydrogen) atoms. The molecule has 2 N–H and O–H groups in total. The van der Waals surface area contributed by atoms with Gasteiger partial charge in [0.05, 0.1) is 29.4 Å². The fraction of sp³-hybridized carbons (Fsp3) is 0.222. The van der Waals surface area contributed by atoms with Crippen LogP contribution in [0.15, 0.2) is 81.6 Å². The van der Waals surface area contributed by atoms with E-state index in [0.29, 0.717) is 46.7 Å². The maximum atomic E-state index is 13.3. The summed E-state index contributed by atoms with van der Waals surface area (Å²) in [6.07, 6.45) is 1.72. The van der Waals surface area contributed by atoms with Gasteiger partial charge >= 0.3 is 0 Å². The van der Waals surface area contributed by atoms with Gasteiger partial charge in [-0.2, -0.15) is 10.5 Å². The number of Topliss-reactive ketones (excluding diaryl/α,β-unsaturated/α-hetero) is 1. The van der Waals surface area contributed by atoms with Crippen LogP contribution in [0.25, 0.3) is 0 Å². The lowest BCUT2D eigenvalue weighted by atomic mass is 9.76. The number of ketones is 1. The summed E-state index contributed by atoms with van der Waals surface area (Å²) < 4.78 is 6.65. The summed E-state index contributed by atoms with van der Waals surface area (Å²) in [5, 5.41) is 28.0. The van der Waals surface area contributed by atoms with Crippen LogP contribution in [-0.4, -0.2) is 21.7 Å². The minimum absolute atomic E-state index is 0.00398. The Kier molecular flexibility index (Phi) is 7.22. The smallest absolute Gasteiger partial charge is 0.219 e. The first-order valence-electron chi connectivity index (χ1n) is 11.7. The van der Waals surface area contributed by atoms with Gasteiger partial charge in [0, 0.05) is 17.7 Å². The number of allylic oxidation sites excluding steroid dienone is 3. The highest BCUT2D eigenvalue weighted by Crippen LogP contribution is 2.47. The minimum Gasteiger partial charge on any atom is -0.489 e. The Morgan fingerprint density at radius 1 is 1.14 bits per heavy atom. The maximum absolute atomic E-state index is 13.3.